The summed E-state index contributed by atoms with van der Waals surface area (Å²) in [4.78, 5) is 0. The Hall–Kier alpha value is -0.810. The van der Waals surface area contributed by atoms with E-state index in [4.69, 9.17) is 16.7 Å². The van der Waals surface area contributed by atoms with Gasteiger partial charge in [0.05, 0.1) is 10.6 Å². The predicted molar refractivity (Wildman–Crippen MR) is 37.5 cm³/mol. The van der Waals surface area contributed by atoms with Crippen LogP contribution in [0.4, 0.5) is 17.6 Å². The molecular weight excluding hydrogens is 212 g/mol. The van der Waals surface area contributed by atoms with Gasteiger partial charge >= 0.3 is 6.11 Å². The van der Waals surface area contributed by atoms with Crippen LogP contribution in [-0.2, 0) is 6.11 Å². The van der Waals surface area contributed by atoms with Crippen molar-refractivity contribution in [2.45, 2.75) is 6.11 Å². The maximum atomic E-state index is 12.7. The molecule has 6 heteroatoms. The smallest absolute Gasteiger partial charge is 0.332 e. The fourth-order valence-electron chi connectivity index (χ4n) is 0.758. The molecule has 0 saturated heterocycles. The maximum Gasteiger partial charge on any atom is 0.383 e. The van der Waals surface area contributed by atoms with Gasteiger partial charge in [-0.15, -0.1) is 0 Å². The summed E-state index contributed by atoms with van der Waals surface area (Å²) in [7, 11) is 0. The fourth-order valence-corrected chi connectivity index (χ4v) is 0.904. The van der Waals surface area contributed by atoms with Crippen LogP contribution in [0.15, 0.2) is 12.1 Å². The van der Waals surface area contributed by atoms with Crippen LogP contribution in [0.1, 0.15) is 5.56 Å². The minimum Gasteiger partial charge on any atom is -0.332 e. The van der Waals surface area contributed by atoms with Gasteiger partial charge in [-0.2, -0.15) is 8.78 Å². The lowest BCUT2D eigenvalue weighted by Crippen LogP contribution is -2.14. The van der Waals surface area contributed by atoms with Crippen LogP contribution in [0.2, 0.25) is 5.02 Å². The van der Waals surface area contributed by atoms with Crippen molar-refractivity contribution < 1.29 is 22.7 Å². The lowest BCUT2D eigenvalue weighted by atomic mass is 10.2. The van der Waals surface area contributed by atoms with Gasteiger partial charge in [0.1, 0.15) is 0 Å². The van der Waals surface area contributed by atoms with Crippen LogP contribution >= 0.6 is 11.6 Å². The first-order chi connectivity index (χ1) is 5.84. The first-order valence-corrected chi connectivity index (χ1v) is 3.46. The van der Waals surface area contributed by atoms with E-state index in [1.54, 1.807) is 0 Å². The van der Waals surface area contributed by atoms with Gasteiger partial charge in [-0.1, -0.05) is 11.6 Å². The van der Waals surface area contributed by atoms with Crippen LogP contribution in [0.3, 0.4) is 0 Å². The molecule has 13 heavy (non-hydrogen) atoms. The van der Waals surface area contributed by atoms with Crippen molar-refractivity contribution in [3.8, 4) is 0 Å². The van der Waals surface area contributed by atoms with Crippen molar-refractivity contribution in [3.05, 3.63) is 34.4 Å². The third-order valence-corrected chi connectivity index (χ3v) is 1.65. The minimum absolute atomic E-state index is 0.515. The fraction of sp³-hybridized carbons (Fsp3) is 0.143. The molecule has 0 aliphatic heterocycles. The number of hydrogen-bond donors (Lipinski definition) is 1. The van der Waals surface area contributed by atoms with Crippen molar-refractivity contribution in [3.63, 3.8) is 0 Å². The quantitative estimate of drug-likeness (QED) is 0.563. The Labute approximate surface area is 75.6 Å². The third kappa shape index (κ3) is 1.92. The Morgan fingerprint density at radius 2 is 1.69 bits per heavy atom. The second-order valence-electron chi connectivity index (χ2n) is 2.26. The molecule has 0 atom stereocenters. The monoisotopic (exact) mass is 214 g/mol. The van der Waals surface area contributed by atoms with Crippen LogP contribution in [0.25, 0.3) is 0 Å². The van der Waals surface area contributed by atoms with E-state index >= 15 is 0 Å². The van der Waals surface area contributed by atoms with Gasteiger partial charge in [-0.05, 0) is 12.1 Å². The number of aliphatic hydroxyl groups is 1. The topological polar surface area (TPSA) is 20.2 Å². The van der Waals surface area contributed by atoms with Crippen LogP contribution in [0, 0.1) is 11.6 Å². The normalized spacial score (nSPS) is 11.8. The Morgan fingerprint density at radius 1 is 1.15 bits per heavy atom. The summed E-state index contributed by atoms with van der Waals surface area (Å²) in [6.45, 7) is 0. The van der Waals surface area contributed by atoms with Crippen LogP contribution in [-0.4, -0.2) is 5.11 Å². The molecule has 0 amide bonds. The molecule has 0 radical (unpaired) electrons. The highest BCUT2D eigenvalue weighted by Crippen LogP contribution is 2.30. The summed E-state index contributed by atoms with van der Waals surface area (Å²) in [5, 5.41) is 7.48. The number of halogens is 5. The van der Waals surface area contributed by atoms with E-state index in [9.17, 15) is 17.6 Å². The number of hydrogen-bond acceptors (Lipinski definition) is 1. The summed E-state index contributed by atoms with van der Waals surface area (Å²) < 4.78 is 49.5. The van der Waals surface area contributed by atoms with Gasteiger partial charge in [0.2, 0.25) is 0 Å². The molecule has 0 aromatic heterocycles. The van der Waals surface area contributed by atoms with E-state index in [0.29, 0.717) is 6.07 Å². The van der Waals surface area contributed by atoms with Crippen molar-refractivity contribution in [2.24, 2.45) is 0 Å². The van der Waals surface area contributed by atoms with Gasteiger partial charge in [0, 0.05) is 0 Å². The average Bonchev–Trinajstić information content (AvgIpc) is 1.98. The minimum atomic E-state index is -4.41. The lowest BCUT2D eigenvalue weighted by molar-refractivity contribution is -0.210. The molecule has 0 spiro atoms. The first-order valence-electron chi connectivity index (χ1n) is 3.08. The average molecular weight is 215 g/mol. The molecule has 0 bridgehead atoms. The summed E-state index contributed by atoms with van der Waals surface area (Å²) >= 11 is 5.09. The van der Waals surface area contributed by atoms with Crippen LogP contribution in [0.5, 0.6) is 0 Å². The molecule has 1 N–H and O–H groups in total. The Bertz CT molecular complexity index is 334. The van der Waals surface area contributed by atoms with Crippen molar-refractivity contribution in [1.29, 1.82) is 0 Å². The summed E-state index contributed by atoms with van der Waals surface area (Å²) in [6, 6.07) is 1.25. The highest BCUT2D eigenvalue weighted by atomic mass is 35.5. The van der Waals surface area contributed by atoms with Crippen LogP contribution < -0.4 is 0 Å². The largest absolute Gasteiger partial charge is 0.383 e. The molecule has 1 rings (SSSR count). The Kier molecular flexibility index (Phi) is 2.49. The van der Waals surface area contributed by atoms with Gasteiger partial charge < -0.3 is 5.11 Å². The molecule has 1 aromatic rings. The number of benzene rings is 1. The van der Waals surface area contributed by atoms with Gasteiger partial charge in [0.15, 0.2) is 11.6 Å². The van der Waals surface area contributed by atoms with Crippen molar-refractivity contribution >= 4 is 11.6 Å². The van der Waals surface area contributed by atoms with Gasteiger partial charge in [-0.3, -0.25) is 0 Å². The molecular formula is C7H3ClF4O. The van der Waals surface area contributed by atoms with E-state index in [0.717, 1.165) is 6.07 Å². The molecule has 72 valence electrons. The zero-order valence-electron chi connectivity index (χ0n) is 5.99. The first kappa shape index (κ1) is 10.3. The third-order valence-electron chi connectivity index (χ3n) is 1.36. The van der Waals surface area contributed by atoms with E-state index in [2.05, 4.69) is 0 Å². The maximum absolute atomic E-state index is 12.7. The Morgan fingerprint density at radius 3 is 2.15 bits per heavy atom. The second kappa shape index (κ2) is 3.16. The molecule has 0 fully saturated rings. The SMILES string of the molecule is OC(F)(F)c1ccc(Cl)c(F)c1F. The summed E-state index contributed by atoms with van der Waals surface area (Å²) in [5.74, 6) is -3.45. The van der Waals surface area contributed by atoms with E-state index < -0.39 is 28.3 Å². The molecule has 0 saturated carbocycles. The predicted octanol–water partition coefficient (Wildman–Crippen LogP) is 2.66. The molecule has 0 aliphatic rings. The molecule has 0 unspecified atom stereocenters. The zero-order chi connectivity index (χ0) is 10.2. The molecule has 0 aliphatic carbocycles. The van der Waals surface area contributed by atoms with E-state index in [1.165, 1.54) is 0 Å². The van der Waals surface area contributed by atoms with Crippen molar-refractivity contribution in [1.82, 2.24) is 0 Å². The number of alkyl halides is 2. The summed E-state index contributed by atoms with van der Waals surface area (Å²) in [6.07, 6.45) is -4.41. The standard InChI is InChI=1S/C7H3ClF4O/c8-4-2-1-3(7(11,12)13)5(9)6(4)10/h1-2,13H. The molecule has 1 nitrogen and oxygen atoms in total. The molecule has 1 aromatic carbocycles. The highest BCUT2D eigenvalue weighted by Gasteiger charge is 2.33. The van der Waals surface area contributed by atoms with Gasteiger partial charge in [-0.25, -0.2) is 8.78 Å². The Balaban J connectivity index is 3.35. The van der Waals surface area contributed by atoms with Crippen molar-refractivity contribution in [2.75, 3.05) is 0 Å². The molecule has 0 heterocycles. The lowest BCUT2D eigenvalue weighted by Gasteiger charge is -2.10. The number of rotatable bonds is 1. The summed E-state index contributed by atoms with van der Waals surface area (Å²) in [5.41, 5.74) is -1.44. The highest BCUT2D eigenvalue weighted by molar-refractivity contribution is 6.30. The van der Waals surface area contributed by atoms with E-state index in [-0.39, 0.29) is 0 Å². The van der Waals surface area contributed by atoms with E-state index in [1.807, 2.05) is 0 Å². The zero-order valence-corrected chi connectivity index (χ0v) is 6.75. The second-order valence-corrected chi connectivity index (χ2v) is 2.67. The van der Waals surface area contributed by atoms with Gasteiger partial charge in [0.25, 0.3) is 0 Å².